The van der Waals surface area contributed by atoms with Crippen LogP contribution in [0.25, 0.3) is 0 Å². The molecule has 142 valence electrons. The maximum Gasteiger partial charge on any atom is 0.193 e. The molecule has 0 fully saturated rings. The van der Waals surface area contributed by atoms with Gasteiger partial charge in [-0.2, -0.15) is 0 Å². The molecule has 2 unspecified atom stereocenters. The first-order valence-corrected chi connectivity index (χ1v) is 10.5. The van der Waals surface area contributed by atoms with Crippen LogP contribution >= 0.6 is 0 Å². The van der Waals surface area contributed by atoms with Crippen LogP contribution in [0.2, 0.25) is 0 Å². The summed E-state index contributed by atoms with van der Waals surface area (Å²) in [5.41, 5.74) is 5.66. The Balaban J connectivity index is 1.72. The second kappa shape index (κ2) is 7.85. The lowest BCUT2D eigenvalue weighted by molar-refractivity contribution is 0.103. The Kier molecular flexibility index (Phi) is 5.31. The Morgan fingerprint density at radius 1 is 1.07 bits per heavy atom. The number of ketones is 1. The van der Waals surface area contributed by atoms with Crippen LogP contribution in [0.1, 0.15) is 66.1 Å². The van der Waals surface area contributed by atoms with Crippen molar-refractivity contribution in [1.82, 2.24) is 4.90 Å². The summed E-state index contributed by atoms with van der Waals surface area (Å²) in [6, 6.07) is 14.4. The fourth-order valence-electron chi connectivity index (χ4n) is 4.98. The number of hydrogen-bond donors (Lipinski definition) is 1. The number of anilines is 1. The van der Waals surface area contributed by atoms with Crippen molar-refractivity contribution in [3.05, 3.63) is 64.7 Å². The standard InChI is InChI=1S/C24H30N2O/c1-3-12-26(13-4-2)19-14-18-16-25-22-11-10-20(21(15-19)23(18)22)24(27)17-8-6-5-7-9-17/h5-11,18-19,25H,3-4,12-16H2,1-2H3. The van der Waals surface area contributed by atoms with Crippen LogP contribution in [0.3, 0.4) is 0 Å². The topological polar surface area (TPSA) is 32.3 Å². The minimum atomic E-state index is 0.164. The largest absolute Gasteiger partial charge is 0.384 e. The Morgan fingerprint density at radius 3 is 2.52 bits per heavy atom. The van der Waals surface area contributed by atoms with E-state index in [-0.39, 0.29) is 5.78 Å². The average molecular weight is 363 g/mol. The van der Waals surface area contributed by atoms with Crippen molar-refractivity contribution in [2.45, 2.75) is 51.5 Å². The molecule has 1 heterocycles. The van der Waals surface area contributed by atoms with Gasteiger partial charge in [-0.25, -0.2) is 0 Å². The van der Waals surface area contributed by atoms with Crippen molar-refractivity contribution in [3.8, 4) is 0 Å². The van der Waals surface area contributed by atoms with Gasteiger partial charge in [-0.05, 0) is 62.0 Å². The number of rotatable bonds is 7. The van der Waals surface area contributed by atoms with Crippen LogP contribution in [0.15, 0.2) is 42.5 Å². The van der Waals surface area contributed by atoms with Gasteiger partial charge < -0.3 is 10.2 Å². The van der Waals surface area contributed by atoms with E-state index >= 15 is 0 Å². The summed E-state index contributed by atoms with van der Waals surface area (Å²) in [4.78, 5) is 15.9. The zero-order valence-corrected chi connectivity index (χ0v) is 16.5. The highest BCUT2D eigenvalue weighted by molar-refractivity contribution is 6.10. The number of hydrogen-bond acceptors (Lipinski definition) is 3. The van der Waals surface area contributed by atoms with E-state index in [1.807, 2.05) is 36.4 Å². The van der Waals surface area contributed by atoms with Gasteiger partial charge in [0.25, 0.3) is 0 Å². The Morgan fingerprint density at radius 2 is 1.81 bits per heavy atom. The minimum absolute atomic E-state index is 0.164. The van der Waals surface area contributed by atoms with Crippen molar-refractivity contribution in [2.75, 3.05) is 25.0 Å². The van der Waals surface area contributed by atoms with Crippen LogP contribution in [0, 0.1) is 0 Å². The van der Waals surface area contributed by atoms with Crippen LogP contribution in [-0.2, 0) is 6.42 Å². The zero-order chi connectivity index (χ0) is 18.8. The van der Waals surface area contributed by atoms with Crippen LogP contribution in [0.4, 0.5) is 5.69 Å². The van der Waals surface area contributed by atoms with E-state index in [1.165, 1.54) is 36.1 Å². The zero-order valence-electron chi connectivity index (χ0n) is 16.5. The fourth-order valence-corrected chi connectivity index (χ4v) is 4.98. The molecular weight excluding hydrogens is 332 g/mol. The van der Waals surface area contributed by atoms with E-state index in [0.717, 1.165) is 37.2 Å². The van der Waals surface area contributed by atoms with E-state index in [4.69, 9.17) is 0 Å². The number of nitrogens with one attached hydrogen (secondary N) is 1. The molecular formula is C24H30N2O. The quantitative estimate of drug-likeness (QED) is 0.714. The first-order chi connectivity index (χ1) is 13.2. The second-order valence-electron chi connectivity index (χ2n) is 7.96. The van der Waals surface area contributed by atoms with Gasteiger partial charge >= 0.3 is 0 Å². The molecule has 0 saturated heterocycles. The van der Waals surface area contributed by atoms with Gasteiger partial charge in [-0.3, -0.25) is 4.79 Å². The lowest BCUT2D eigenvalue weighted by Crippen LogP contribution is -2.41. The highest BCUT2D eigenvalue weighted by atomic mass is 16.1. The lowest BCUT2D eigenvalue weighted by Gasteiger charge is -2.37. The lowest BCUT2D eigenvalue weighted by atomic mass is 9.77. The van der Waals surface area contributed by atoms with Crippen molar-refractivity contribution in [1.29, 1.82) is 0 Å². The van der Waals surface area contributed by atoms with Gasteiger partial charge in [-0.15, -0.1) is 0 Å². The van der Waals surface area contributed by atoms with E-state index in [9.17, 15) is 4.79 Å². The Labute approximate surface area is 162 Å². The number of nitrogens with zero attached hydrogens (tertiary/aromatic N) is 1. The molecule has 0 bridgehead atoms. The van der Waals surface area contributed by atoms with E-state index < -0.39 is 0 Å². The second-order valence-corrected chi connectivity index (χ2v) is 7.96. The molecule has 3 nitrogen and oxygen atoms in total. The van der Waals surface area contributed by atoms with Crippen molar-refractivity contribution in [3.63, 3.8) is 0 Å². The summed E-state index contributed by atoms with van der Waals surface area (Å²) in [6.45, 7) is 7.83. The summed E-state index contributed by atoms with van der Waals surface area (Å²) < 4.78 is 0. The number of carbonyl (C=O) groups excluding carboxylic acids is 1. The molecule has 1 aliphatic carbocycles. The van der Waals surface area contributed by atoms with Gasteiger partial charge in [-0.1, -0.05) is 44.2 Å². The Hall–Kier alpha value is -2.13. The highest BCUT2D eigenvalue weighted by Gasteiger charge is 2.37. The molecule has 2 aromatic rings. The maximum absolute atomic E-state index is 13.3. The molecule has 2 aromatic carbocycles. The van der Waals surface area contributed by atoms with Gasteiger partial charge in [0.15, 0.2) is 5.78 Å². The summed E-state index contributed by atoms with van der Waals surface area (Å²) in [6.07, 6.45) is 4.56. The first-order valence-electron chi connectivity index (χ1n) is 10.5. The van der Waals surface area contributed by atoms with Crippen molar-refractivity contribution < 1.29 is 4.79 Å². The summed E-state index contributed by atoms with van der Waals surface area (Å²) in [7, 11) is 0. The van der Waals surface area contributed by atoms with E-state index in [2.05, 4.69) is 30.1 Å². The van der Waals surface area contributed by atoms with E-state index in [0.29, 0.717) is 12.0 Å². The highest BCUT2D eigenvalue weighted by Crippen LogP contribution is 2.44. The maximum atomic E-state index is 13.3. The average Bonchev–Trinajstić information content (AvgIpc) is 3.12. The Bertz CT molecular complexity index is 809. The SMILES string of the molecule is CCCN(CCC)C1Cc2c(C(=O)c3ccccc3)ccc3c2C(CN3)C1. The molecule has 3 heteroatoms. The molecule has 0 aromatic heterocycles. The van der Waals surface area contributed by atoms with Crippen LogP contribution in [0.5, 0.6) is 0 Å². The molecule has 1 aliphatic heterocycles. The predicted octanol–water partition coefficient (Wildman–Crippen LogP) is 4.86. The molecule has 0 spiro atoms. The summed E-state index contributed by atoms with van der Waals surface area (Å²) in [5.74, 6) is 0.700. The predicted molar refractivity (Wildman–Crippen MR) is 112 cm³/mol. The van der Waals surface area contributed by atoms with Crippen molar-refractivity contribution >= 4 is 11.5 Å². The third kappa shape index (κ3) is 3.41. The summed E-state index contributed by atoms with van der Waals surface area (Å²) >= 11 is 0. The molecule has 2 atom stereocenters. The summed E-state index contributed by atoms with van der Waals surface area (Å²) in [5, 5.41) is 3.58. The molecule has 0 saturated carbocycles. The van der Waals surface area contributed by atoms with Gasteiger partial charge in [0.05, 0.1) is 0 Å². The molecule has 1 N–H and O–H groups in total. The minimum Gasteiger partial charge on any atom is -0.384 e. The number of carbonyl (C=O) groups is 1. The van der Waals surface area contributed by atoms with E-state index in [1.54, 1.807) is 0 Å². The molecule has 4 rings (SSSR count). The third-order valence-corrected chi connectivity index (χ3v) is 6.12. The normalized spacial score (nSPS) is 20.4. The molecule has 0 amide bonds. The number of benzene rings is 2. The van der Waals surface area contributed by atoms with Crippen molar-refractivity contribution in [2.24, 2.45) is 0 Å². The van der Waals surface area contributed by atoms with Crippen LogP contribution in [-0.4, -0.2) is 36.4 Å². The first kappa shape index (κ1) is 18.2. The van der Waals surface area contributed by atoms with Gasteiger partial charge in [0.2, 0.25) is 0 Å². The molecule has 0 radical (unpaired) electrons. The fraction of sp³-hybridized carbons (Fsp3) is 0.458. The molecule has 27 heavy (non-hydrogen) atoms. The van der Waals surface area contributed by atoms with Crippen LogP contribution < -0.4 is 5.32 Å². The molecule has 2 aliphatic rings. The van der Waals surface area contributed by atoms with Gasteiger partial charge in [0, 0.05) is 35.3 Å². The monoisotopic (exact) mass is 362 g/mol. The third-order valence-electron chi connectivity index (χ3n) is 6.12. The smallest absolute Gasteiger partial charge is 0.193 e. The van der Waals surface area contributed by atoms with Gasteiger partial charge in [0.1, 0.15) is 0 Å².